The van der Waals surface area contributed by atoms with Crippen LogP contribution in [0.3, 0.4) is 0 Å². The Labute approximate surface area is 94.4 Å². The van der Waals surface area contributed by atoms with Gasteiger partial charge in [-0.1, -0.05) is 18.2 Å². The number of ketones is 2. The molecule has 0 N–H and O–H groups in total. The third kappa shape index (κ3) is 1.85. The molecule has 16 heavy (non-hydrogen) atoms. The van der Waals surface area contributed by atoms with Crippen molar-refractivity contribution in [3.05, 3.63) is 29.8 Å². The largest absolute Gasteiger partial charge is 0.496 e. The quantitative estimate of drug-likeness (QED) is 0.714. The third-order valence-electron chi connectivity index (χ3n) is 2.94. The monoisotopic (exact) mass is 218 g/mol. The topological polar surface area (TPSA) is 43.4 Å². The highest BCUT2D eigenvalue weighted by molar-refractivity contribution is 6.09. The van der Waals surface area contributed by atoms with E-state index in [1.54, 1.807) is 19.2 Å². The van der Waals surface area contributed by atoms with E-state index in [4.69, 9.17) is 4.74 Å². The molecule has 1 aromatic rings. The number of Topliss-reactive ketones (excluding diaryl/α,β-unsaturated/α-hetero) is 2. The van der Waals surface area contributed by atoms with Gasteiger partial charge >= 0.3 is 0 Å². The van der Waals surface area contributed by atoms with Crippen molar-refractivity contribution < 1.29 is 14.3 Å². The van der Waals surface area contributed by atoms with Gasteiger partial charge in [0.05, 0.1) is 7.11 Å². The molecule has 84 valence electrons. The van der Waals surface area contributed by atoms with E-state index < -0.39 is 5.92 Å². The molecular formula is C13H14O3. The lowest BCUT2D eigenvalue weighted by atomic mass is 9.81. The second-order valence-electron chi connectivity index (χ2n) is 3.96. The number of carbonyl (C=O) groups excluding carboxylic acids is 2. The van der Waals surface area contributed by atoms with Crippen LogP contribution >= 0.6 is 0 Å². The predicted octanol–water partition coefficient (Wildman–Crippen LogP) is 2.10. The molecule has 0 bridgehead atoms. The summed E-state index contributed by atoms with van der Waals surface area (Å²) in [4.78, 5) is 23.6. The molecule has 0 heterocycles. The molecule has 1 saturated carbocycles. The summed E-state index contributed by atoms with van der Waals surface area (Å²) in [5.41, 5.74) is 0.708. The molecule has 0 amide bonds. The average Bonchev–Trinajstić information content (AvgIpc) is 2.29. The molecule has 0 unspecified atom stereocenters. The van der Waals surface area contributed by atoms with E-state index in [0.717, 1.165) is 0 Å². The van der Waals surface area contributed by atoms with Gasteiger partial charge in [0.25, 0.3) is 0 Å². The summed E-state index contributed by atoms with van der Waals surface area (Å²) in [5, 5.41) is 0. The smallest absolute Gasteiger partial charge is 0.147 e. The maximum absolute atomic E-state index is 11.8. The molecule has 1 aromatic carbocycles. The second-order valence-corrected chi connectivity index (χ2v) is 3.96. The van der Waals surface area contributed by atoms with Crippen LogP contribution in [0.1, 0.15) is 30.7 Å². The molecule has 0 atom stereocenters. The lowest BCUT2D eigenvalue weighted by Gasteiger charge is -2.21. The van der Waals surface area contributed by atoms with Crippen molar-refractivity contribution in [3.8, 4) is 5.75 Å². The highest BCUT2D eigenvalue weighted by Crippen LogP contribution is 2.32. The van der Waals surface area contributed by atoms with Gasteiger partial charge in [-0.15, -0.1) is 0 Å². The molecule has 3 nitrogen and oxygen atoms in total. The Morgan fingerprint density at radius 3 is 2.38 bits per heavy atom. The van der Waals surface area contributed by atoms with Crippen molar-refractivity contribution in [2.75, 3.05) is 7.11 Å². The van der Waals surface area contributed by atoms with Gasteiger partial charge in [-0.05, 0) is 12.5 Å². The van der Waals surface area contributed by atoms with Gasteiger partial charge in [0.1, 0.15) is 23.2 Å². The van der Waals surface area contributed by atoms with Gasteiger partial charge in [0, 0.05) is 18.4 Å². The number of ether oxygens (including phenoxy) is 1. The molecule has 0 saturated heterocycles. The molecule has 0 aromatic heterocycles. The number of para-hydroxylation sites is 1. The Kier molecular flexibility index (Phi) is 3.04. The fraction of sp³-hybridized carbons (Fsp3) is 0.385. The minimum absolute atomic E-state index is 0.0146. The molecule has 0 radical (unpaired) electrons. The Balaban J connectivity index is 2.41. The molecule has 0 spiro atoms. The molecule has 1 aliphatic carbocycles. The number of hydrogen-bond acceptors (Lipinski definition) is 3. The van der Waals surface area contributed by atoms with Gasteiger partial charge in [0.15, 0.2) is 0 Å². The van der Waals surface area contributed by atoms with Crippen molar-refractivity contribution in [3.63, 3.8) is 0 Å². The van der Waals surface area contributed by atoms with Crippen LogP contribution in [0.2, 0.25) is 0 Å². The maximum atomic E-state index is 11.8. The normalized spacial score (nSPS) is 17.6. The van der Waals surface area contributed by atoms with E-state index in [-0.39, 0.29) is 11.6 Å². The number of benzene rings is 1. The zero-order chi connectivity index (χ0) is 11.5. The first kappa shape index (κ1) is 10.9. The highest BCUT2D eigenvalue weighted by atomic mass is 16.5. The number of hydrogen-bond donors (Lipinski definition) is 0. The van der Waals surface area contributed by atoms with Crippen molar-refractivity contribution in [2.45, 2.75) is 25.2 Å². The fourth-order valence-electron chi connectivity index (χ4n) is 2.16. The van der Waals surface area contributed by atoms with E-state index in [9.17, 15) is 9.59 Å². The van der Waals surface area contributed by atoms with Gasteiger partial charge in [-0.2, -0.15) is 0 Å². The van der Waals surface area contributed by atoms with Gasteiger partial charge in [0.2, 0.25) is 0 Å². The van der Waals surface area contributed by atoms with Crippen LogP contribution in [0.4, 0.5) is 0 Å². The van der Waals surface area contributed by atoms with Crippen LogP contribution in [-0.2, 0) is 9.59 Å². The molecule has 1 fully saturated rings. The van der Waals surface area contributed by atoms with E-state index >= 15 is 0 Å². The Morgan fingerprint density at radius 1 is 1.12 bits per heavy atom. The van der Waals surface area contributed by atoms with Gasteiger partial charge in [-0.3, -0.25) is 9.59 Å². The minimum atomic E-state index is -0.607. The summed E-state index contributed by atoms with van der Waals surface area (Å²) < 4.78 is 5.19. The SMILES string of the molecule is COc1ccccc1C1C(=O)CCCC1=O. The van der Waals surface area contributed by atoms with Gasteiger partial charge in [-0.25, -0.2) is 0 Å². The summed E-state index contributed by atoms with van der Waals surface area (Å²) in [6.07, 6.45) is 1.67. The molecule has 2 rings (SSSR count). The lowest BCUT2D eigenvalue weighted by Crippen LogP contribution is -2.26. The Morgan fingerprint density at radius 2 is 1.75 bits per heavy atom. The Hall–Kier alpha value is -1.64. The zero-order valence-electron chi connectivity index (χ0n) is 9.23. The van der Waals surface area contributed by atoms with Gasteiger partial charge < -0.3 is 4.74 Å². The van der Waals surface area contributed by atoms with E-state index in [1.807, 2.05) is 12.1 Å². The Bertz CT molecular complexity index is 407. The van der Waals surface area contributed by atoms with Crippen molar-refractivity contribution >= 4 is 11.6 Å². The molecule has 0 aliphatic heterocycles. The summed E-state index contributed by atoms with van der Waals surface area (Å²) in [7, 11) is 1.55. The van der Waals surface area contributed by atoms with Crippen molar-refractivity contribution in [1.29, 1.82) is 0 Å². The predicted molar refractivity (Wildman–Crippen MR) is 59.6 cm³/mol. The average molecular weight is 218 g/mol. The van der Waals surface area contributed by atoms with Crippen LogP contribution in [0.15, 0.2) is 24.3 Å². The molecule has 3 heteroatoms. The van der Waals surface area contributed by atoms with Crippen LogP contribution in [0.25, 0.3) is 0 Å². The summed E-state index contributed by atoms with van der Waals surface area (Å²) >= 11 is 0. The third-order valence-corrected chi connectivity index (χ3v) is 2.94. The first-order valence-corrected chi connectivity index (χ1v) is 5.42. The van der Waals surface area contributed by atoms with Crippen LogP contribution in [0.5, 0.6) is 5.75 Å². The molecular weight excluding hydrogens is 204 g/mol. The molecule has 1 aliphatic rings. The minimum Gasteiger partial charge on any atom is -0.496 e. The number of rotatable bonds is 2. The maximum Gasteiger partial charge on any atom is 0.147 e. The second kappa shape index (κ2) is 4.47. The number of carbonyl (C=O) groups is 2. The first-order chi connectivity index (χ1) is 7.74. The fourth-order valence-corrected chi connectivity index (χ4v) is 2.16. The number of methoxy groups -OCH3 is 1. The van der Waals surface area contributed by atoms with Crippen LogP contribution < -0.4 is 4.74 Å². The standard InChI is InChI=1S/C13H14O3/c1-16-12-8-3-2-5-9(12)13-10(14)6-4-7-11(13)15/h2-3,5,8,13H,4,6-7H2,1H3. The van der Waals surface area contributed by atoms with Crippen LogP contribution in [-0.4, -0.2) is 18.7 Å². The van der Waals surface area contributed by atoms with Crippen molar-refractivity contribution in [1.82, 2.24) is 0 Å². The first-order valence-electron chi connectivity index (χ1n) is 5.42. The van der Waals surface area contributed by atoms with Crippen molar-refractivity contribution in [2.24, 2.45) is 0 Å². The summed E-state index contributed by atoms with van der Waals surface area (Å²) in [6.45, 7) is 0. The highest BCUT2D eigenvalue weighted by Gasteiger charge is 2.33. The van der Waals surface area contributed by atoms with E-state index in [0.29, 0.717) is 30.6 Å². The lowest BCUT2D eigenvalue weighted by molar-refractivity contribution is -0.131. The van der Waals surface area contributed by atoms with Crippen LogP contribution in [0, 0.1) is 0 Å². The van der Waals surface area contributed by atoms with E-state index in [2.05, 4.69) is 0 Å². The summed E-state index contributed by atoms with van der Waals surface area (Å²) in [5.74, 6) is 0.0440. The summed E-state index contributed by atoms with van der Waals surface area (Å²) in [6, 6.07) is 7.24. The zero-order valence-corrected chi connectivity index (χ0v) is 9.23. The van der Waals surface area contributed by atoms with E-state index in [1.165, 1.54) is 0 Å².